The summed E-state index contributed by atoms with van der Waals surface area (Å²) in [4.78, 5) is 19.7. The molecule has 1 saturated carbocycles. The average molecular weight is 375 g/mol. The van der Waals surface area contributed by atoms with E-state index in [9.17, 15) is 4.79 Å². The molecule has 0 N–H and O–H groups in total. The summed E-state index contributed by atoms with van der Waals surface area (Å²) in [6.07, 6.45) is 5.77. The quantitative estimate of drug-likeness (QED) is 0.750. The SMILES string of the molecule is C[C@H]1CCC[C@H](C)N1C(=O)CSc1nnc2c(n1)[C@]1(C)CC[C@@H]2C1(C)C. The Bertz CT molecular complexity index is 727. The molecule has 2 fully saturated rings. The van der Waals surface area contributed by atoms with E-state index in [0.717, 1.165) is 24.2 Å². The lowest BCUT2D eigenvalue weighted by Crippen LogP contribution is -2.48. The second-order valence-corrected chi connectivity index (χ2v) is 10.1. The fourth-order valence-electron chi connectivity index (χ4n) is 5.54. The Labute approximate surface area is 160 Å². The molecule has 0 radical (unpaired) electrons. The van der Waals surface area contributed by atoms with Gasteiger partial charge in [0.1, 0.15) is 0 Å². The summed E-state index contributed by atoms with van der Waals surface area (Å²) in [6.45, 7) is 11.3. The van der Waals surface area contributed by atoms with Gasteiger partial charge in [-0.05, 0) is 51.4 Å². The summed E-state index contributed by atoms with van der Waals surface area (Å²) in [5, 5.41) is 9.55. The van der Waals surface area contributed by atoms with Gasteiger partial charge in [0.25, 0.3) is 0 Å². The smallest absolute Gasteiger partial charge is 0.233 e. The summed E-state index contributed by atoms with van der Waals surface area (Å²) in [6, 6.07) is 0.669. The molecule has 1 aliphatic heterocycles. The standard InChI is InChI=1S/C20H30N4OS/c1-12-7-6-8-13(2)24(12)15(25)11-26-18-21-17-16(22-23-18)14-9-10-20(17,5)19(14,3)4/h12-14H,6-11H2,1-5H3/t12-,13-,14-,20-/m0/s1. The van der Waals surface area contributed by atoms with Crippen LogP contribution in [0.4, 0.5) is 0 Å². The predicted molar refractivity (Wildman–Crippen MR) is 103 cm³/mol. The number of carbonyl (C=O) groups is 1. The largest absolute Gasteiger partial charge is 0.337 e. The molecule has 2 heterocycles. The molecule has 3 aliphatic rings. The average Bonchev–Trinajstić information content (AvgIpc) is 2.92. The Morgan fingerprint density at radius 1 is 1.15 bits per heavy atom. The van der Waals surface area contributed by atoms with Crippen LogP contribution >= 0.6 is 11.8 Å². The molecule has 5 nitrogen and oxygen atoms in total. The zero-order chi connectivity index (χ0) is 18.7. The zero-order valence-electron chi connectivity index (χ0n) is 16.6. The highest BCUT2D eigenvalue weighted by atomic mass is 32.2. The van der Waals surface area contributed by atoms with Gasteiger partial charge in [-0.15, -0.1) is 5.10 Å². The van der Waals surface area contributed by atoms with E-state index < -0.39 is 0 Å². The molecule has 6 heteroatoms. The van der Waals surface area contributed by atoms with Gasteiger partial charge >= 0.3 is 0 Å². The van der Waals surface area contributed by atoms with Crippen LogP contribution in [-0.4, -0.2) is 43.8 Å². The fourth-order valence-corrected chi connectivity index (χ4v) is 6.19. The van der Waals surface area contributed by atoms with E-state index in [1.807, 2.05) is 0 Å². The number of carbonyl (C=O) groups excluding carboxylic acids is 1. The summed E-state index contributed by atoms with van der Waals surface area (Å²) in [7, 11) is 0. The monoisotopic (exact) mass is 374 g/mol. The van der Waals surface area contributed by atoms with Crippen molar-refractivity contribution in [1.29, 1.82) is 0 Å². The maximum atomic E-state index is 12.7. The third-order valence-electron chi connectivity index (χ3n) is 7.58. The van der Waals surface area contributed by atoms with E-state index in [1.54, 1.807) is 0 Å². The summed E-state index contributed by atoms with van der Waals surface area (Å²) in [5.74, 6) is 1.07. The number of fused-ring (bicyclic) bond motifs is 5. The Morgan fingerprint density at radius 2 is 1.85 bits per heavy atom. The Balaban J connectivity index is 1.49. The number of aromatic nitrogens is 3. The van der Waals surface area contributed by atoms with E-state index >= 15 is 0 Å². The van der Waals surface area contributed by atoms with Gasteiger partial charge in [-0.25, -0.2) is 4.98 Å². The van der Waals surface area contributed by atoms with Crippen LogP contribution in [0.3, 0.4) is 0 Å². The molecule has 1 aromatic heterocycles. The number of thioether (sulfide) groups is 1. The molecule has 142 valence electrons. The van der Waals surface area contributed by atoms with Gasteiger partial charge in [-0.2, -0.15) is 5.10 Å². The van der Waals surface area contributed by atoms with E-state index in [0.29, 0.717) is 28.9 Å². The molecular weight excluding hydrogens is 344 g/mol. The lowest BCUT2D eigenvalue weighted by atomic mass is 9.70. The van der Waals surface area contributed by atoms with E-state index in [1.165, 1.54) is 31.0 Å². The third kappa shape index (κ3) is 2.51. The van der Waals surface area contributed by atoms with Crippen molar-refractivity contribution in [2.75, 3.05) is 5.75 Å². The Kier molecular flexibility index (Phi) is 4.33. The number of rotatable bonds is 3. The first-order chi connectivity index (χ1) is 12.3. The van der Waals surface area contributed by atoms with Gasteiger partial charge in [0.15, 0.2) is 0 Å². The third-order valence-corrected chi connectivity index (χ3v) is 8.40. The molecule has 1 amide bonds. The zero-order valence-corrected chi connectivity index (χ0v) is 17.4. The molecule has 2 aliphatic carbocycles. The highest BCUT2D eigenvalue weighted by Crippen LogP contribution is 2.66. The van der Waals surface area contributed by atoms with Gasteiger partial charge in [0, 0.05) is 23.4 Å². The first-order valence-corrected chi connectivity index (χ1v) is 10.9. The number of hydrogen-bond donors (Lipinski definition) is 0. The minimum Gasteiger partial charge on any atom is -0.337 e. The van der Waals surface area contributed by atoms with Crippen LogP contribution in [0.15, 0.2) is 5.16 Å². The molecular formula is C20H30N4OS. The molecule has 0 aromatic carbocycles. The van der Waals surface area contributed by atoms with Gasteiger partial charge in [-0.3, -0.25) is 4.79 Å². The van der Waals surface area contributed by atoms with Gasteiger partial charge in [-0.1, -0.05) is 32.5 Å². The molecule has 4 atom stereocenters. The highest BCUT2D eigenvalue weighted by molar-refractivity contribution is 7.99. The molecule has 4 rings (SSSR count). The lowest BCUT2D eigenvalue weighted by Gasteiger charge is -2.39. The van der Waals surface area contributed by atoms with Crippen LogP contribution in [-0.2, 0) is 10.2 Å². The van der Waals surface area contributed by atoms with Gasteiger partial charge < -0.3 is 4.90 Å². The second-order valence-electron chi connectivity index (χ2n) is 9.19. The van der Waals surface area contributed by atoms with Crippen molar-refractivity contribution in [2.45, 2.75) is 95.3 Å². The summed E-state index contributed by atoms with van der Waals surface area (Å²) in [5.41, 5.74) is 2.49. The van der Waals surface area contributed by atoms with E-state index in [4.69, 9.17) is 4.98 Å². The van der Waals surface area contributed by atoms with Crippen LogP contribution in [0.2, 0.25) is 0 Å². The van der Waals surface area contributed by atoms with Crippen LogP contribution in [0.1, 0.15) is 84.0 Å². The molecule has 0 spiro atoms. The number of amides is 1. The number of nitrogens with zero attached hydrogens (tertiary/aromatic N) is 4. The van der Waals surface area contributed by atoms with Crippen molar-refractivity contribution in [3.8, 4) is 0 Å². The maximum Gasteiger partial charge on any atom is 0.233 e. The van der Waals surface area contributed by atoms with Crippen LogP contribution in [0.5, 0.6) is 0 Å². The maximum absolute atomic E-state index is 12.7. The summed E-state index contributed by atoms with van der Waals surface area (Å²) >= 11 is 1.44. The van der Waals surface area contributed by atoms with Crippen molar-refractivity contribution in [3.05, 3.63) is 11.4 Å². The fraction of sp³-hybridized carbons (Fsp3) is 0.800. The molecule has 26 heavy (non-hydrogen) atoms. The predicted octanol–water partition coefficient (Wildman–Crippen LogP) is 3.93. The van der Waals surface area contributed by atoms with E-state index in [2.05, 4.69) is 49.7 Å². The molecule has 2 bridgehead atoms. The Morgan fingerprint density at radius 3 is 2.54 bits per heavy atom. The van der Waals surface area contributed by atoms with Crippen molar-refractivity contribution in [1.82, 2.24) is 20.1 Å². The van der Waals surface area contributed by atoms with Crippen molar-refractivity contribution >= 4 is 17.7 Å². The van der Waals surface area contributed by atoms with Crippen LogP contribution in [0.25, 0.3) is 0 Å². The van der Waals surface area contributed by atoms with Gasteiger partial charge in [0.05, 0.1) is 17.1 Å². The topological polar surface area (TPSA) is 59.0 Å². The van der Waals surface area contributed by atoms with Crippen molar-refractivity contribution in [2.24, 2.45) is 5.41 Å². The first-order valence-electron chi connectivity index (χ1n) is 9.95. The summed E-state index contributed by atoms with van der Waals surface area (Å²) < 4.78 is 0. The lowest BCUT2D eigenvalue weighted by molar-refractivity contribution is -0.134. The van der Waals surface area contributed by atoms with E-state index in [-0.39, 0.29) is 16.7 Å². The molecule has 1 saturated heterocycles. The highest BCUT2D eigenvalue weighted by Gasteiger charge is 2.61. The minimum absolute atomic E-state index is 0.0815. The van der Waals surface area contributed by atoms with Crippen molar-refractivity contribution < 1.29 is 4.79 Å². The van der Waals surface area contributed by atoms with Gasteiger partial charge in [0.2, 0.25) is 11.1 Å². The first kappa shape index (κ1) is 18.2. The number of piperidine rings is 1. The van der Waals surface area contributed by atoms with Crippen LogP contribution < -0.4 is 0 Å². The normalized spacial score (nSPS) is 34.8. The Hall–Kier alpha value is -1.17. The molecule has 1 aromatic rings. The second kappa shape index (κ2) is 6.18. The number of likely N-dealkylation sites (tertiary alicyclic amines) is 1. The number of hydrogen-bond acceptors (Lipinski definition) is 5. The van der Waals surface area contributed by atoms with Crippen molar-refractivity contribution in [3.63, 3.8) is 0 Å². The molecule has 0 unspecified atom stereocenters. The minimum atomic E-state index is 0.0815. The van der Waals surface area contributed by atoms with Crippen LogP contribution in [0, 0.1) is 5.41 Å².